The van der Waals surface area contributed by atoms with Crippen LogP contribution in [0.15, 0.2) is 51.3 Å². The second-order valence-corrected chi connectivity index (χ2v) is 5.85. The highest BCUT2D eigenvalue weighted by Gasteiger charge is 2.24. The Bertz CT molecular complexity index is 886. The fraction of sp³-hybridized carbons (Fsp3) is 0.263. The SMILES string of the molecule is N#Cc1nc(-c2ccc(COc3ccccc3)o2)oc1N1CCCC1. The van der Waals surface area contributed by atoms with Gasteiger partial charge in [0.1, 0.15) is 24.2 Å². The van der Waals surface area contributed by atoms with Crippen LogP contribution in [0.25, 0.3) is 11.7 Å². The van der Waals surface area contributed by atoms with E-state index in [0.717, 1.165) is 31.7 Å². The molecule has 0 N–H and O–H groups in total. The number of aromatic nitrogens is 1. The van der Waals surface area contributed by atoms with Gasteiger partial charge in [0.05, 0.1) is 0 Å². The third-order valence-corrected chi connectivity index (χ3v) is 4.11. The maximum absolute atomic E-state index is 9.30. The van der Waals surface area contributed by atoms with Gasteiger partial charge in [0.25, 0.3) is 5.89 Å². The van der Waals surface area contributed by atoms with E-state index in [1.165, 1.54) is 0 Å². The molecule has 0 amide bonds. The summed E-state index contributed by atoms with van der Waals surface area (Å²) in [6.45, 7) is 2.09. The topological polar surface area (TPSA) is 75.4 Å². The average Bonchev–Trinajstić information content (AvgIpc) is 3.39. The van der Waals surface area contributed by atoms with Crippen LogP contribution >= 0.6 is 0 Å². The van der Waals surface area contributed by atoms with Crippen molar-refractivity contribution in [1.82, 2.24) is 4.98 Å². The van der Waals surface area contributed by atoms with Gasteiger partial charge in [-0.3, -0.25) is 0 Å². The van der Waals surface area contributed by atoms with Crippen LogP contribution in [0.3, 0.4) is 0 Å². The standard InChI is InChI=1S/C19H17N3O3/c20-12-16-19(22-10-4-5-11-22)25-18(21-16)17-9-8-15(24-17)13-23-14-6-2-1-3-7-14/h1-3,6-9H,4-5,10-11,13H2. The van der Waals surface area contributed by atoms with Crippen molar-refractivity contribution in [1.29, 1.82) is 5.26 Å². The Morgan fingerprint density at radius 1 is 1.08 bits per heavy atom. The lowest BCUT2D eigenvalue weighted by Gasteiger charge is -2.12. The van der Waals surface area contributed by atoms with Gasteiger partial charge < -0.3 is 18.5 Å². The van der Waals surface area contributed by atoms with Crippen LogP contribution in [0, 0.1) is 11.3 Å². The van der Waals surface area contributed by atoms with Gasteiger partial charge in [-0.1, -0.05) is 18.2 Å². The summed E-state index contributed by atoms with van der Waals surface area (Å²) >= 11 is 0. The molecule has 2 aromatic heterocycles. The number of hydrogen-bond acceptors (Lipinski definition) is 6. The van der Waals surface area contributed by atoms with E-state index >= 15 is 0 Å². The minimum atomic E-state index is 0.301. The van der Waals surface area contributed by atoms with Crippen LogP contribution in [-0.4, -0.2) is 18.1 Å². The van der Waals surface area contributed by atoms with Gasteiger partial charge in [0.15, 0.2) is 5.76 Å². The lowest BCUT2D eigenvalue weighted by molar-refractivity contribution is 0.271. The lowest BCUT2D eigenvalue weighted by atomic mass is 10.3. The fourth-order valence-corrected chi connectivity index (χ4v) is 2.87. The highest BCUT2D eigenvalue weighted by atomic mass is 16.5. The summed E-state index contributed by atoms with van der Waals surface area (Å²) in [6.07, 6.45) is 2.20. The van der Waals surface area contributed by atoms with Gasteiger partial charge in [-0.2, -0.15) is 10.2 Å². The van der Waals surface area contributed by atoms with E-state index in [1.807, 2.05) is 36.4 Å². The molecule has 126 valence electrons. The van der Waals surface area contributed by atoms with E-state index < -0.39 is 0 Å². The molecule has 0 spiro atoms. The number of benzene rings is 1. The van der Waals surface area contributed by atoms with E-state index in [-0.39, 0.29) is 0 Å². The summed E-state index contributed by atoms with van der Waals surface area (Å²) < 4.78 is 17.2. The minimum Gasteiger partial charge on any atom is -0.486 e. The van der Waals surface area contributed by atoms with Gasteiger partial charge >= 0.3 is 0 Å². The van der Waals surface area contributed by atoms with Crippen molar-refractivity contribution in [2.24, 2.45) is 0 Å². The summed E-state index contributed by atoms with van der Waals surface area (Å²) in [5, 5.41) is 9.30. The largest absolute Gasteiger partial charge is 0.486 e. The van der Waals surface area contributed by atoms with E-state index in [0.29, 0.717) is 35.6 Å². The molecule has 1 aromatic carbocycles. The van der Waals surface area contributed by atoms with E-state index in [2.05, 4.69) is 16.0 Å². The molecule has 1 saturated heterocycles. The van der Waals surface area contributed by atoms with Crippen LogP contribution in [0.5, 0.6) is 5.75 Å². The molecular formula is C19H17N3O3. The predicted molar refractivity (Wildman–Crippen MR) is 91.1 cm³/mol. The van der Waals surface area contributed by atoms with Gasteiger partial charge in [-0.05, 0) is 37.1 Å². The zero-order valence-corrected chi connectivity index (χ0v) is 13.6. The van der Waals surface area contributed by atoms with Crippen LogP contribution in [0.4, 0.5) is 5.88 Å². The molecular weight excluding hydrogens is 318 g/mol. The van der Waals surface area contributed by atoms with Crippen LogP contribution in [0.1, 0.15) is 24.3 Å². The Morgan fingerprint density at radius 2 is 1.88 bits per heavy atom. The number of furan rings is 1. The quantitative estimate of drug-likeness (QED) is 0.702. The monoisotopic (exact) mass is 335 g/mol. The lowest BCUT2D eigenvalue weighted by Crippen LogP contribution is -2.17. The first-order valence-electron chi connectivity index (χ1n) is 8.26. The van der Waals surface area contributed by atoms with Gasteiger partial charge in [0, 0.05) is 13.1 Å². The number of hydrogen-bond donors (Lipinski definition) is 0. The zero-order valence-electron chi connectivity index (χ0n) is 13.6. The van der Waals surface area contributed by atoms with Crippen molar-refractivity contribution < 1.29 is 13.6 Å². The summed E-state index contributed by atoms with van der Waals surface area (Å²) in [4.78, 5) is 6.32. The zero-order chi connectivity index (χ0) is 17.1. The molecule has 0 bridgehead atoms. The third kappa shape index (κ3) is 3.22. The van der Waals surface area contributed by atoms with Crippen molar-refractivity contribution in [3.63, 3.8) is 0 Å². The highest BCUT2D eigenvalue weighted by molar-refractivity contribution is 5.56. The second-order valence-electron chi connectivity index (χ2n) is 5.85. The molecule has 1 aliphatic rings. The number of rotatable bonds is 5. The van der Waals surface area contributed by atoms with Gasteiger partial charge in [0.2, 0.25) is 11.6 Å². The first-order chi connectivity index (χ1) is 12.3. The van der Waals surface area contributed by atoms with Crippen LogP contribution in [0.2, 0.25) is 0 Å². The highest BCUT2D eigenvalue weighted by Crippen LogP contribution is 2.31. The second kappa shape index (κ2) is 6.73. The first kappa shape index (κ1) is 15.3. The molecule has 6 nitrogen and oxygen atoms in total. The third-order valence-electron chi connectivity index (χ3n) is 4.11. The summed E-state index contributed by atoms with van der Waals surface area (Å²) in [6, 6.07) is 15.3. The maximum Gasteiger partial charge on any atom is 0.266 e. The number of anilines is 1. The number of nitrogens with zero attached hydrogens (tertiary/aromatic N) is 3. The molecule has 25 heavy (non-hydrogen) atoms. The number of ether oxygens (including phenoxy) is 1. The molecule has 0 unspecified atom stereocenters. The molecule has 3 heterocycles. The molecule has 0 atom stereocenters. The molecule has 0 aliphatic carbocycles. The molecule has 4 rings (SSSR count). The average molecular weight is 335 g/mol. The van der Waals surface area contributed by atoms with Crippen molar-refractivity contribution in [2.75, 3.05) is 18.0 Å². The van der Waals surface area contributed by atoms with Crippen molar-refractivity contribution >= 4 is 5.88 Å². The molecule has 0 saturated carbocycles. The van der Waals surface area contributed by atoms with E-state index in [1.54, 1.807) is 6.07 Å². The first-order valence-corrected chi connectivity index (χ1v) is 8.26. The Kier molecular flexibility index (Phi) is 4.13. The van der Waals surface area contributed by atoms with Gasteiger partial charge in [-0.25, -0.2) is 0 Å². The Morgan fingerprint density at radius 3 is 2.64 bits per heavy atom. The Balaban J connectivity index is 1.51. The predicted octanol–water partition coefficient (Wildman–Crippen LogP) is 3.99. The molecule has 3 aromatic rings. The smallest absolute Gasteiger partial charge is 0.266 e. The van der Waals surface area contributed by atoms with Crippen LogP contribution < -0.4 is 9.64 Å². The Hall–Kier alpha value is -3.20. The van der Waals surface area contributed by atoms with Crippen LogP contribution in [-0.2, 0) is 6.61 Å². The van der Waals surface area contributed by atoms with Crippen molar-refractivity contribution in [2.45, 2.75) is 19.4 Å². The minimum absolute atomic E-state index is 0.301. The summed E-state index contributed by atoms with van der Waals surface area (Å²) in [5.74, 6) is 2.80. The normalized spacial score (nSPS) is 13.8. The molecule has 6 heteroatoms. The van der Waals surface area contributed by atoms with E-state index in [9.17, 15) is 5.26 Å². The van der Waals surface area contributed by atoms with Crippen molar-refractivity contribution in [3.8, 4) is 23.5 Å². The van der Waals surface area contributed by atoms with Gasteiger partial charge in [-0.15, -0.1) is 0 Å². The Labute approximate surface area is 145 Å². The fourth-order valence-electron chi connectivity index (χ4n) is 2.87. The molecule has 0 radical (unpaired) electrons. The molecule has 1 aliphatic heterocycles. The number of para-hydroxylation sites is 1. The number of oxazole rings is 1. The van der Waals surface area contributed by atoms with E-state index in [4.69, 9.17) is 13.6 Å². The van der Waals surface area contributed by atoms with Crippen molar-refractivity contribution in [3.05, 3.63) is 53.9 Å². The summed E-state index contributed by atoms with van der Waals surface area (Å²) in [5.41, 5.74) is 0.301. The maximum atomic E-state index is 9.30. The summed E-state index contributed by atoms with van der Waals surface area (Å²) in [7, 11) is 0. The number of nitriles is 1. The molecule has 1 fully saturated rings.